The number of benzene rings is 1. The molecule has 23 heavy (non-hydrogen) atoms. The van der Waals surface area contributed by atoms with Gasteiger partial charge >= 0.3 is 0 Å². The number of hydrogen-bond acceptors (Lipinski definition) is 5. The van der Waals surface area contributed by atoms with Crippen molar-refractivity contribution in [2.75, 3.05) is 0 Å². The van der Waals surface area contributed by atoms with Gasteiger partial charge in [0.25, 0.3) is 0 Å². The van der Waals surface area contributed by atoms with Gasteiger partial charge in [-0.1, -0.05) is 30.3 Å². The summed E-state index contributed by atoms with van der Waals surface area (Å²) in [7, 11) is 0. The first-order chi connectivity index (χ1) is 11.3. The van der Waals surface area contributed by atoms with Crippen LogP contribution in [0.25, 0.3) is 11.5 Å². The molecule has 0 bridgehead atoms. The van der Waals surface area contributed by atoms with Crippen LogP contribution in [0.15, 0.2) is 59.3 Å². The monoisotopic (exact) mass is 308 g/mol. The number of rotatable bonds is 6. The Hall–Kier alpha value is -3.02. The number of aromatic nitrogens is 3. The quantitative estimate of drug-likeness (QED) is 0.756. The molecule has 1 N–H and O–H groups in total. The third-order valence-corrected chi connectivity index (χ3v) is 3.29. The fourth-order valence-electron chi connectivity index (χ4n) is 2.07. The highest BCUT2D eigenvalue weighted by Crippen LogP contribution is 2.16. The first kappa shape index (κ1) is 14.9. The summed E-state index contributed by atoms with van der Waals surface area (Å²) in [5.74, 6) is 0.844. The second kappa shape index (κ2) is 7.31. The zero-order chi connectivity index (χ0) is 15.9. The van der Waals surface area contributed by atoms with Crippen LogP contribution in [0.2, 0.25) is 0 Å². The maximum atomic E-state index is 11.9. The highest BCUT2D eigenvalue weighted by Gasteiger charge is 2.10. The summed E-state index contributed by atoms with van der Waals surface area (Å²) in [5.41, 5.74) is 1.88. The van der Waals surface area contributed by atoms with Crippen LogP contribution < -0.4 is 5.32 Å². The first-order valence-corrected chi connectivity index (χ1v) is 7.34. The molecule has 6 heteroatoms. The van der Waals surface area contributed by atoms with Crippen LogP contribution >= 0.6 is 0 Å². The van der Waals surface area contributed by atoms with Gasteiger partial charge in [-0.15, -0.1) is 10.2 Å². The van der Waals surface area contributed by atoms with Gasteiger partial charge in [-0.05, 0) is 17.7 Å². The van der Waals surface area contributed by atoms with Gasteiger partial charge in [-0.2, -0.15) is 0 Å². The molecule has 3 rings (SSSR count). The molecule has 0 aliphatic rings. The van der Waals surface area contributed by atoms with Gasteiger partial charge in [0.2, 0.25) is 17.7 Å². The number of carbonyl (C=O) groups excluding carboxylic acids is 1. The number of amides is 1. The van der Waals surface area contributed by atoms with Gasteiger partial charge in [0, 0.05) is 37.3 Å². The number of pyridine rings is 1. The molecule has 0 radical (unpaired) electrons. The van der Waals surface area contributed by atoms with E-state index in [9.17, 15) is 4.79 Å². The number of nitrogens with zero attached hydrogens (tertiary/aromatic N) is 3. The van der Waals surface area contributed by atoms with Gasteiger partial charge < -0.3 is 9.73 Å². The zero-order valence-corrected chi connectivity index (χ0v) is 12.5. The average molecular weight is 308 g/mol. The minimum atomic E-state index is -0.0440. The van der Waals surface area contributed by atoms with Gasteiger partial charge in [-0.25, -0.2) is 0 Å². The van der Waals surface area contributed by atoms with Crippen LogP contribution in [0.3, 0.4) is 0 Å². The van der Waals surface area contributed by atoms with Crippen LogP contribution in [0, 0.1) is 0 Å². The molecule has 0 unspecified atom stereocenters. The Balaban J connectivity index is 1.49. The van der Waals surface area contributed by atoms with Crippen LogP contribution in [0.1, 0.15) is 17.9 Å². The lowest BCUT2D eigenvalue weighted by molar-refractivity contribution is -0.121. The second-order valence-electron chi connectivity index (χ2n) is 5.00. The molecule has 2 heterocycles. The summed E-state index contributed by atoms with van der Waals surface area (Å²) in [4.78, 5) is 15.8. The van der Waals surface area contributed by atoms with Crippen molar-refractivity contribution in [3.05, 3.63) is 66.3 Å². The van der Waals surface area contributed by atoms with Gasteiger partial charge in [0.05, 0.1) is 0 Å². The smallest absolute Gasteiger partial charge is 0.247 e. The number of carbonyl (C=O) groups is 1. The molecule has 1 amide bonds. The Morgan fingerprint density at radius 3 is 2.61 bits per heavy atom. The topological polar surface area (TPSA) is 80.9 Å². The highest BCUT2D eigenvalue weighted by atomic mass is 16.4. The number of nitrogens with one attached hydrogen (secondary N) is 1. The minimum absolute atomic E-state index is 0.0440. The number of aryl methyl sites for hydroxylation is 1. The lowest BCUT2D eigenvalue weighted by Crippen LogP contribution is -2.22. The van der Waals surface area contributed by atoms with Crippen LogP contribution in [0.4, 0.5) is 0 Å². The second-order valence-corrected chi connectivity index (χ2v) is 5.00. The summed E-state index contributed by atoms with van der Waals surface area (Å²) >= 11 is 0. The van der Waals surface area contributed by atoms with Gasteiger partial charge in [0.15, 0.2) is 0 Å². The highest BCUT2D eigenvalue weighted by molar-refractivity contribution is 5.76. The van der Waals surface area contributed by atoms with E-state index in [1.165, 1.54) is 0 Å². The molecule has 0 fully saturated rings. The summed E-state index contributed by atoms with van der Waals surface area (Å²) in [5, 5.41) is 10.8. The Morgan fingerprint density at radius 2 is 1.83 bits per heavy atom. The Labute approximate surface area is 133 Å². The van der Waals surface area contributed by atoms with Crippen LogP contribution in [-0.2, 0) is 17.8 Å². The molecule has 0 saturated carbocycles. The Bertz CT molecular complexity index is 757. The summed E-state index contributed by atoms with van der Waals surface area (Å²) in [6, 6.07) is 13.4. The maximum Gasteiger partial charge on any atom is 0.247 e. The molecule has 0 atom stereocenters. The van der Waals surface area contributed by atoms with E-state index in [0.29, 0.717) is 31.2 Å². The van der Waals surface area contributed by atoms with Crippen molar-refractivity contribution in [3.8, 4) is 11.5 Å². The molecule has 0 aliphatic carbocycles. The van der Waals surface area contributed by atoms with Crippen molar-refractivity contribution in [2.45, 2.75) is 19.4 Å². The van der Waals surface area contributed by atoms with Crippen molar-refractivity contribution in [1.82, 2.24) is 20.5 Å². The lowest BCUT2D eigenvalue weighted by Gasteiger charge is -2.03. The molecule has 0 saturated heterocycles. The fraction of sp³-hybridized carbons (Fsp3) is 0.176. The third-order valence-electron chi connectivity index (χ3n) is 3.29. The molecule has 6 nitrogen and oxygen atoms in total. The lowest BCUT2D eigenvalue weighted by atomic mass is 10.2. The van der Waals surface area contributed by atoms with E-state index < -0.39 is 0 Å². The van der Waals surface area contributed by atoms with Crippen molar-refractivity contribution in [1.29, 1.82) is 0 Å². The maximum absolute atomic E-state index is 11.9. The molecule has 3 aromatic rings. The first-order valence-electron chi connectivity index (χ1n) is 7.34. The third kappa shape index (κ3) is 4.23. The van der Waals surface area contributed by atoms with E-state index >= 15 is 0 Å². The largest absolute Gasteiger partial charge is 0.421 e. The molecular weight excluding hydrogens is 292 g/mol. The van der Waals surface area contributed by atoms with Crippen LogP contribution in [-0.4, -0.2) is 21.1 Å². The van der Waals surface area contributed by atoms with E-state index in [1.807, 2.05) is 30.3 Å². The predicted molar refractivity (Wildman–Crippen MR) is 84.1 cm³/mol. The van der Waals surface area contributed by atoms with Gasteiger partial charge in [-0.3, -0.25) is 9.78 Å². The Kier molecular flexibility index (Phi) is 4.73. The fourth-order valence-corrected chi connectivity index (χ4v) is 2.07. The van der Waals surface area contributed by atoms with Crippen molar-refractivity contribution < 1.29 is 9.21 Å². The summed E-state index contributed by atoms with van der Waals surface area (Å²) < 4.78 is 5.55. The standard InChI is InChI=1S/C17H16N4O2/c22-15(19-12-13-4-2-1-3-5-13)6-7-16-20-21-17(23-16)14-8-10-18-11-9-14/h1-5,8-11H,6-7,12H2,(H,19,22). The molecule has 2 aromatic heterocycles. The SMILES string of the molecule is O=C(CCc1nnc(-c2ccncc2)o1)NCc1ccccc1. The van der Waals surface area contributed by atoms with Crippen molar-refractivity contribution >= 4 is 5.91 Å². The number of hydrogen-bond donors (Lipinski definition) is 1. The van der Waals surface area contributed by atoms with E-state index in [0.717, 1.165) is 11.1 Å². The van der Waals surface area contributed by atoms with Crippen LogP contribution in [0.5, 0.6) is 0 Å². The molecular formula is C17H16N4O2. The van der Waals surface area contributed by atoms with E-state index in [2.05, 4.69) is 20.5 Å². The summed E-state index contributed by atoms with van der Waals surface area (Å²) in [6.07, 6.45) is 4.05. The minimum Gasteiger partial charge on any atom is -0.421 e. The van der Waals surface area contributed by atoms with E-state index in [1.54, 1.807) is 24.5 Å². The normalized spacial score (nSPS) is 10.4. The molecule has 0 aliphatic heterocycles. The Morgan fingerprint density at radius 1 is 1.04 bits per heavy atom. The van der Waals surface area contributed by atoms with Gasteiger partial charge in [0.1, 0.15) is 0 Å². The van der Waals surface area contributed by atoms with Crippen molar-refractivity contribution in [2.24, 2.45) is 0 Å². The predicted octanol–water partition coefficient (Wildman–Crippen LogP) is 2.38. The van der Waals surface area contributed by atoms with E-state index in [-0.39, 0.29) is 5.91 Å². The van der Waals surface area contributed by atoms with Crippen molar-refractivity contribution in [3.63, 3.8) is 0 Å². The average Bonchev–Trinajstić information content (AvgIpc) is 3.09. The summed E-state index contributed by atoms with van der Waals surface area (Å²) in [6.45, 7) is 0.520. The molecule has 0 spiro atoms. The zero-order valence-electron chi connectivity index (χ0n) is 12.5. The molecule has 116 valence electrons. The van der Waals surface area contributed by atoms with E-state index in [4.69, 9.17) is 4.42 Å². The molecule has 1 aromatic carbocycles.